The number of hydrogen-bond acceptors (Lipinski definition) is 8. The molecule has 0 radical (unpaired) electrons. The van der Waals surface area contributed by atoms with Crippen molar-refractivity contribution < 1.29 is 17.9 Å². The normalized spacial score (nSPS) is 11.1. The zero-order valence-electron chi connectivity index (χ0n) is 18.7. The molecule has 10 nitrogen and oxygen atoms in total. The third-order valence-corrected chi connectivity index (χ3v) is 6.02. The predicted molar refractivity (Wildman–Crippen MR) is 128 cm³/mol. The summed E-state index contributed by atoms with van der Waals surface area (Å²) in [4.78, 5) is 0.00930. The molecule has 34 heavy (non-hydrogen) atoms. The van der Waals surface area contributed by atoms with Gasteiger partial charge < -0.3 is 14.8 Å². The summed E-state index contributed by atoms with van der Waals surface area (Å²) in [7, 11) is -3.91. The Balaban J connectivity index is 1.47. The highest BCUT2D eigenvalue weighted by Gasteiger charge is 2.21. The maximum atomic E-state index is 13.1. The molecule has 0 unspecified atom stereocenters. The monoisotopic (exact) mass is 480 g/mol. The van der Waals surface area contributed by atoms with Gasteiger partial charge in [0.25, 0.3) is 10.0 Å². The van der Waals surface area contributed by atoms with E-state index in [0.29, 0.717) is 36.3 Å². The minimum absolute atomic E-state index is 0.00930. The molecule has 4 rings (SSSR count). The summed E-state index contributed by atoms with van der Waals surface area (Å²) < 4.78 is 41.3. The van der Waals surface area contributed by atoms with Crippen molar-refractivity contribution in [3.05, 3.63) is 73.1 Å². The lowest BCUT2D eigenvalue weighted by Crippen LogP contribution is -2.15. The van der Waals surface area contributed by atoms with Gasteiger partial charge in [0.1, 0.15) is 16.4 Å². The van der Waals surface area contributed by atoms with Crippen molar-refractivity contribution in [1.29, 1.82) is 0 Å². The van der Waals surface area contributed by atoms with Gasteiger partial charge in [0, 0.05) is 29.8 Å². The second kappa shape index (κ2) is 10.2. The molecule has 2 N–H and O–H groups in total. The number of aromatic nitrogens is 4. The fraction of sp³-hybridized carbons (Fsp3) is 0.174. The van der Waals surface area contributed by atoms with E-state index in [9.17, 15) is 8.42 Å². The number of sulfonamides is 1. The van der Waals surface area contributed by atoms with Gasteiger partial charge in [-0.15, -0.1) is 10.2 Å². The van der Waals surface area contributed by atoms with Crippen LogP contribution in [0, 0.1) is 0 Å². The first-order chi connectivity index (χ1) is 16.5. The number of ether oxygens (including phenoxy) is 2. The number of nitrogens with zero attached hydrogens (tertiary/aromatic N) is 4. The molecule has 2 aromatic carbocycles. The quantitative estimate of drug-likeness (QED) is 0.349. The Bertz CT molecular complexity index is 1330. The van der Waals surface area contributed by atoms with Gasteiger partial charge >= 0.3 is 0 Å². The summed E-state index contributed by atoms with van der Waals surface area (Å²) in [5.41, 5.74) is 1.12. The maximum absolute atomic E-state index is 13.1. The number of hydrogen-bond donors (Lipinski definition) is 2. The van der Waals surface area contributed by atoms with Gasteiger partial charge in [-0.3, -0.25) is 4.72 Å². The molecular weight excluding hydrogens is 456 g/mol. The van der Waals surface area contributed by atoms with Gasteiger partial charge in [0.15, 0.2) is 11.6 Å². The van der Waals surface area contributed by atoms with Crippen LogP contribution in [0.4, 0.5) is 17.2 Å². The molecule has 0 amide bonds. The van der Waals surface area contributed by atoms with Crippen molar-refractivity contribution >= 4 is 27.2 Å². The van der Waals surface area contributed by atoms with Crippen LogP contribution < -0.4 is 19.5 Å². The third-order valence-electron chi connectivity index (χ3n) is 4.61. The summed E-state index contributed by atoms with van der Waals surface area (Å²) in [6, 6.07) is 16.9. The molecule has 2 aromatic heterocycles. The van der Waals surface area contributed by atoms with Crippen LogP contribution in [-0.2, 0) is 10.0 Å². The minimum Gasteiger partial charge on any atom is -0.494 e. The number of anilines is 3. The topological polar surface area (TPSA) is 120 Å². The SMILES string of the molecule is CCOc1ccc(OCC)c(S(=O)(=O)Nc2ccc(Nc3ccc(-n4cccn4)nn3)cc2)c1. The summed E-state index contributed by atoms with van der Waals surface area (Å²) in [6.07, 6.45) is 3.44. The zero-order valence-corrected chi connectivity index (χ0v) is 19.5. The zero-order chi connectivity index (χ0) is 24.0. The van der Waals surface area contributed by atoms with Crippen LogP contribution in [0.3, 0.4) is 0 Å². The minimum atomic E-state index is -3.91. The van der Waals surface area contributed by atoms with Crippen LogP contribution in [0.15, 0.2) is 78.0 Å². The lowest BCUT2D eigenvalue weighted by Gasteiger charge is -2.14. The third kappa shape index (κ3) is 5.44. The Morgan fingerprint density at radius 2 is 1.68 bits per heavy atom. The Hall–Kier alpha value is -4.12. The van der Waals surface area contributed by atoms with E-state index in [-0.39, 0.29) is 10.6 Å². The molecule has 0 saturated heterocycles. The van der Waals surface area contributed by atoms with Crippen LogP contribution in [0.5, 0.6) is 11.5 Å². The first-order valence-corrected chi connectivity index (χ1v) is 12.1. The Morgan fingerprint density at radius 1 is 0.912 bits per heavy atom. The lowest BCUT2D eigenvalue weighted by molar-refractivity contribution is 0.322. The summed E-state index contributed by atoms with van der Waals surface area (Å²) in [5.74, 6) is 1.85. The first kappa shape index (κ1) is 23.1. The maximum Gasteiger partial charge on any atom is 0.265 e. The van der Waals surface area contributed by atoms with E-state index >= 15 is 0 Å². The standard InChI is InChI=1S/C23H24N6O4S/c1-3-32-19-10-11-20(33-4-2)21(16-19)34(30,31)28-18-8-6-17(7-9-18)25-22-12-13-23(27-26-22)29-15-5-14-24-29/h5-16,28H,3-4H2,1-2H3,(H,25,26). The van der Waals surface area contributed by atoms with Crippen molar-refractivity contribution in [2.24, 2.45) is 0 Å². The second-order valence-corrected chi connectivity index (χ2v) is 8.66. The van der Waals surface area contributed by atoms with E-state index in [1.807, 2.05) is 6.92 Å². The molecule has 176 valence electrons. The fourth-order valence-corrected chi connectivity index (χ4v) is 4.35. The van der Waals surface area contributed by atoms with Crippen molar-refractivity contribution in [2.45, 2.75) is 18.7 Å². The molecule has 11 heteroatoms. The van der Waals surface area contributed by atoms with Gasteiger partial charge in [-0.05, 0) is 68.4 Å². The fourth-order valence-electron chi connectivity index (χ4n) is 3.13. The van der Waals surface area contributed by atoms with Crippen molar-refractivity contribution in [2.75, 3.05) is 23.3 Å². The molecule has 0 bridgehead atoms. The van der Waals surface area contributed by atoms with Gasteiger partial charge in [-0.1, -0.05) is 0 Å². The highest BCUT2D eigenvalue weighted by atomic mass is 32.2. The highest BCUT2D eigenvalue weighted by Crippen LogP contribution is 2.30. The van der Waals surface area contributed by atoms with Gasteiger partial charge in [-0.2, -0.15) is 5.10 Å². The molecule has 0 spiro atoms. The van der Waals surface area contributed by atoms with Crippen LogP contribution in [0.1, 0.15) is 13.8 Å². The van der Waals surface area contributed by atoms with Crippen LogP contribution >= 0.6 is 0 Å². The molecule has 0 saturated carbocycles. The number of rotatable bonds is 10. The summed E-state index contributed by atoms with van der Waals surface area (Å²) in [5, 5.41) is 15.5. The summed E-state index contributed by atoms with van der Waals surface area (Å²) in [6.45, 7) is 4.38. The van der Waals surface area contributed by atoms with Crippen molar-refractivity contribution in [3.63, 3.8) is 0 Å². The Labute approximate surface area is 197 Å². The van der Waals surface area contributed by atoms with Crippen LogP contribution in [-0.4, -0.2) is 41.6 Å². The largest absolute Gasteiger partial charge is 0.494 e. The predicted octanol–water partition coefficient (Wildman–Crippen LogP) is 4.00. The van der Waals surface area contributed by atoms with E-state index in [4.69, 9.17) is 9.47 Å². The van der Waals surface area contributed by atoms with E-state index in [1.54, 1.807) is 78.6 Å². The lowest BCUT2D eigenvalue weighted by atomic mass is 10.3. The van der Waals surface area contributed by atoms with E-state index in [2.05, 4.69) is 25.3 Å². The van der Waals surface area contributed by atoms with E-state index in [0.717, 1.165) is 5.69 Å². The van der Waals surface area contributed by atoms with Gasteiger partial charge in [0.05, 0.1) is 13.2 Å². The average Bonchev–Trinajstić information content (AvgIpc) is 3.37. The highest BCUT2D eigenvalue weighted by molar-refractivity contribution is 7.92. The molecule has 0 aliphatic rings. The molecule has 0 fully saturated rings. The van der Waals surface area contributed by atoms with Gasteiger partial charge in [0.2, 0.25) is 0 Å². The summed E-state index contributed by atoms with van der Waals surface area (Å²) >= 11 is 0. The molecular formula is C23H24N6O4S. The van der Waals surface area contributed by atoms with Crippen molar-refractivity contribution in [3.8, 4) is 17.3 Å². The number of benzene rings is 2. The van der Waals surface area contributed by atoms with Crippen LogP contribution in [0.25, 0.3) is 5.82 Å². The molecule has 4 aromatic rings. The first-order valence-electron chi connectivity index (χ1n) is 10.6. The smallest absolute Gasteiger partial charge is 0.265 e. The Kier molecular flexibility index (Phi) is 6.93. The van der Waals surface area contributed by atoms with E-state index < -0.39 is 10.0 Å². The Morgan fingerprint density at radius 3 is 2.32 bits per heavy atom. The second-order valence-electron chi connectivity index (χ2n) is 7.01. The van der Waals surface area contributed by atoms with Gasteiger partial charge in [-0.25, -0.2) is 13.1 Å². The van der Waals surface area contributed by atoms with E-state index in [1.165, 1.54) is 6.07 Å². The van der Waals surface area contributed by atoms with Crippen LogP contribution in [0.2, 0.25) is 0 Å². The molecule has 2 heterocycles. The number of nitrogens with one attached hydrogen (secondary N) is 2. The molecule has 0 aliphatic carbocycles. The molecule has 0 atom stereocenters. The average molecular weight is 481 g/mol. The van der Waals surface area contributed by atoms with Crippen molar-refractivity contribution in [1.82, 2.24) is 20.0 Å². The molecule has 0 aliphatic heterocycles.